The molecule has 0 saturated carbocycles. The zero-order chi connectivity index (χ0) is 20.3. The third-order valence-corrected chi connectivity index (χ3v) is 5.45. The molecule has 0 saturated heterocycles. The fourth-order valence-electron chi connectivity index (χ4n) is 3.91. The molecule has 0 aliphatic carbocycles. The molecule has 0 radical (unpaired) electrons. The molecule has 0 amide bonds. The molecule has 0 fully saturated rings. The highest BCUT2D eigenvalue weighted by Crippen LogP contribution is 2.42. The summed E-state index contributed by atoms with van der Waals surface area (Å²) < 4.78 is 12.0. The van der Waals surface area contributed by atoms with Gasteiger partial charge in [0, 0.05) is 25.5 Å². The van der Waals surface area contributed by atoms with Gasteiger partial charge in [0.2, 0.25) is 5.78 Å². The number of hydrogen-bond donors (Lipinski definition) is 0. The fraction of sp³-hybridized carbons (Fsp3) is 0.200. The first kappa shape index (κ1) is 18.6. The number of aromatic nitrogens is 1. The zero-order valence-corrected chi connectivity index (χ0v) is 16.6. The van der Waals surface area contributed by atoms with Crippen LogP contribution in [0.2, 0.25) is 0 Å². The van der Waals surface area contributed by atoms with E-state index in [9.17, 15) is 4.79 Å². The van der Waals surface area contributed by atoms with E-state index in [4.69, 9.17) is 9.47 Å². The van der Waals surface area contributed by atoms with Crippen molar-refractivity contribution in [2.45, 2.75) is 19.4 Å². The molecule has 2 aromatic carbocycles. The van der Waals surface area contributed by atoms with Crippen LogP contribution in [-0.4, -0.2) is 28.9 Å². The summed E-state index contributed by atoms with van der Waals surface area (Å²) in [5.41, 5.74) is 3.72. The van der Waals surface area contributed by atoms with Crippen molar-refractivity contribution in [2.24, 2.45) is 0 Å². The number of ether oxygens (including phenoxy) is 2. The Morgan fingerprint density at radius 2 is 1.97 bits per heavy atom. The van der Waals surface area contributed by atoms with Gasteiger partial charge in [0.15, 0.2) is 5.76 Å². The lowest BCUT2D eigenvalue weighted by Crippen LogP contribution is -2.33. The van der Waals surface area contributed by atoms with Crippen molar-refractivity contribution in [1.29, 1.82) is 0 Å². The first-order valence-electron chi connectivity index (χ1n) is 10.2. The molecule has 150 valence electrons. The Hall–Kier alpha value is -3.44. The van der Waals surface area contributed by atoms with Crippen LogP contribution in [0, 0.1) is 0 Å². The molecule has 0 bridgehead atoms. The van der Waals surface area contributed by atoms with Gasteiger partial charge in [-0.25, -0.2) is 0 Å². The van der Waals surface area contributed by atoms with Crippen LogP contribution in [0.3, 0.4) is 0 Å². The van der Waals surface area contributed by atoms with Crippen LogP contribution in [0.5, 0.6) is 11.5 Å². The predicted molar refractivity (Wildman–Crippen MR) is 114 cm³/mol. The van der Waals surface area contributed by atoms with Gasteiger partial charge >= 0.3 is 0 Å². The number of hydrogen-bond acceptors (Lipinski definition) is 5. The summed E-state index contributed by atoms with van der Waals surface area (Å²) >= 11 is 0. The summed E-state index contributed by atoms with van der Waals surface area (Å²) in [5.74, 6) is 1.65. The normalized spacial score (nSPS) is 16.7. The Bertz CT molecular complexity index is 1090. The Morgan fingerprint density at radius 1 is 1.07 bits per heavy atom. The molecule has 0 unspecified atom stereocenters. The number of benzene rings is 2. The maximum Gasteiger partial charge on any atom is 0.231 e. The van der Waals surface area contributed by atoms with Crippen molar-refractivity contribution in [1.82, 2.24) is 9.88 Å². The Labute approximate surface area is 175 Å². The minimum absolute atomic E-state index is 0.0992. The van der Waals surface area contributed by atoms with Crippen molar-refractivity contribution in [3.05, 3.63) is 95.0 Å². The summed E-state index contributed by atoms with van der Waals surface area (Å²) in [6, 6.07) is 17.9. The molecule has 0 spiro atoms. The molecular weight excluding hydrogens is 376 g/mol. The lowest BCUT2D eigenvalue weighted by atomic mass is 10.0. The van der Waals surface area contributed by atoms with Crippen molar-refractivity contribution in [3.8, 4) is 11.5 Å². The van der Waals surface area contributed by atoms with Crippen molar-refractivity contribution in [2.75, 3.05) is 13.3 Å². The van der Waals surface area contributed by atoms with E-state index in [2.05, 4.69) is 34.1 Å². The summed E-state index contributed by atoms with van der Waals surface area (Å²) in [7, 11) is 0. The van der Waals surface area contributed by atoms with Gasteiger partial charge in [0.1, 0.15) is 18.2 Å². The van der Waals surface area contributed by atoms with Gasteiger partial charge in [-0.3, -0.25) is 14.7 Å². The molecule has 0 atom stereocenters. The molecule has 5 nitrogen and oxygen atoms in total. The molecule has 0 N–H and O–H groups in total. The van der Waals surface area contributed by atoms with Gasteiger partial charge in [-0.05, 0) is 48.2 Å². The molecule has 5 rings (SSSR count). The average molecular weight is 398 g/mol. The molecule has 2 aliphatic rings. The quantitative estimate of drug-likeness (QED) is 0.593. The highest BCUT2D eigenvalue weighted by atomic mass is 16.5. The number of aryl methyl sites for hydroxylation is 1. The van der Waals surface area contributed by atoms with E-state index in [0.29, 0.717) is 30.3 Å². The Morgan fingerprint density at radius 3 is 2.80 bits per heavy atom. The van der Waals surface area contributed by atoms with Gasteiger partial charge < -0.3 is 9.47 Å². The second-order valence-electron chi connectivity index (χ2n) is 7.56. The lowest BCUT2D eigenvalue weighted by molar-refractivity contribution is 0.0928. The topological polar surface area (TPSA) is 51.7 Å². The van der Waals surface area contributed by atoms with Crippen LogP contribution >= 0.6 is 0 Å². The molecule has 2 aliphatic heterocycles. The Balaban J connectivity index is 1.31. The van der Waals surface area contributed by atoms with Crippen molar-refractivity contribution < 1.29 is 14.3 Å². The van der Waals surface area contributed by atoms with E-state index >= 15 is 0 Å². The SMILES string of the molecule is O=C1C(=Cc2cccnc2)Oc2c1ccc1c2CN(CCCc2ccccc2)CO1. The molecule has 3 aromatic rings. The number of Topliss-reactive ketones (excluding diaryl/α,β-unsaturated/α-hetero) is 1. The maximum atomic E-state index is 12.8. The van der Waals surface area contributed by atoms with Crippen LogP contribution in [-0.2, 0) is 13.0 Å². The minimum Gasteiger partial charge on any atom is -0.478 e. The van der Waals surface area contributed by atoms with Crippen LogP contribution in [0.15, 0.2) is 72.8 Å². The number of carbonyl (C=O) groups excluding carboxylic acids is 1. The van der Waals surface area contributed by atoms with Crippen LogP contribution in [0.1, 0.15) is 33.5 Å². The first-order valence-corrected chi connectivity index (χ1v) is 10.2. The van der Waals surface area contributed by atoms with E-state index in [0.717, 1.165) is 36.3 Å². The first-order chi connectivity index (χ1) is 14.8. The third-order valence-electron chi connectivity index (χ3n) is 5.45. The number of carbonyl (C=O) groups is 1. The fourth-order valence-corrected chi connectivity index (χ4v) is 3.91. The van der Waals surface area contributed by atoms with Gasteiger partial charge in [-0.15, -0.1) is 0 Å². The predicted octanol–water partition coefficient (Wildman–Crippen LogP) is 4.48. The third kappa shape index (κ3) is 3.72. The molecule has 5 heteroatoms. The van der Waals surface area contributed by atoms with Gasteiger partial charge in [-0.1, -0.05) is 36.4 Å². The van der Waals surface area contributed by atoms with Crippen LogP contribution < -0.4 is 9.47 Å². The number of pyridine rings is 1. The van der Waals surface area contributed by atoms with Crippen LogP contribution in [0.4, 0.5) is 0 Å². The standard InChI is InChI=1S/C25H22N2O3/c28-24-20-10-11-22-21(25(20)30-23(24)14-19-8-4-12-26-15-19)16-27(17-29-22)13-5-9-18-6-2-1-3-7-18/h1-4,6-8,10-12,14-15H,5,9,13,16-17H2. The summed E-state index contributed by atoms with van der Waals surface area (Å²) in [5, 5.41) is 0. The smallest absolute Gasteiger partial charge is 0.231 e. The second kappa shape index (κ2) is 8.13. The van der Waals surface area contributed by atoms with E-state index in [1.54, 1.807) is 24.5 Å². The van der Waals surface area contributed by atoms with Gasteiger partial charge in [0.25, 0.3) is 0 Å². The van der Waals surface area contributed by atoms with E-state index in [-0.39, 0.29) is 5.78 Å². The minimum atomic E-state index is -0.0992. The number of fused-ring (bicyclic) bond motifs is 3. The summed E-state index contributed by atoms with van der Waals surface area (Å²) in [6.45, 7) is 2.18. The highest BCUT2D eigenvalue weighted by molar-refractivity contribution is 6.15. The summed E-state index contributed by atoms with van der Waals surface area (Å²) in [6.07, 6.45) is 7.23. The number of ketones is 1. The Kier molecular flexibility index (Phi) is 5.03. The van der Waals surface area contributed by atoms with E-state index in [1.807, 2.05) is 24.3 Å². The molecular formula is C25H22N2O3. The van der Waals surface area contributed by atoms with Gasteiger partial charge in [0.05, 0.1) is 11.1 Å². The second-order valence-corrected chi connectivity index (χ2v) is 7.56. The number of allylic oxidation sites excluding steroid dienone is 1. The van der Waals surface area contributed by atoms with Crippen LogP contribution in [0.25, 0.3) is 6.08 Å². The number of rotatable bonds is 5. The molecule has 3 heterocycles. The lowest BCUT2D eigenvalue weighted by Gasteiger charge is -2.29. The largest absolute Gasteiger partial charge is 0.478 e. The summed E-state index contributed by atoms with van der Waals surface area (Å²) in [4.78, 5) is 19.2. The highest BCUT2D eigenvalue weighted by Gasteiger charge is 2.33. The average Bonchev–Trinajstić information content (AvgIpc) is 3.11. The van der Waals surface area contributed by atoms with E-state index in [1.165, 1.54) is 5.56 Å². The maximum absolute atomic E-state index is 12.8. The zero-order valence-electron chi connectivity index (χ0n) is 16.6. The van der Waals surface area contributed by atoms with Crippen molar-refractivity contribution >= 4 is 11.9 Å². The number of nitrogens with zero attached hydrogens (tertiary/aromatic N) is 2. The molecule has 1 aromatic heterocycles. The van der Waals surface area contributed by atoms with E-state index < -0.39 is 0 Å². The monoisotopic (exact) mass is 398 g/mol. The van der Waals surface area contributed by atoms with Gasteiger partial charge in [-0.2, -0.15) is 0 Å². The molecule has 30 heavy (non-hydrogen) atoms. The van der Waals surface area contributed by atoms with Crippen molar-refractivity contribution in [3.63, 3.8) is 0 Å².